The standard InChI is InChI=1S/C21H28BN3O4/c1-14(26)25-11-10-24(18(27)19(25,2)3)17-12-16(9-8-15(17)13-23)22-28-20(4,5)21(6,7)29-22/h8-9,12H,10-11H2,1-7H3. The van der Waals surface area contributed by atoms with Crippen LogP contribution in [0.25, 0.3) is 0 Å². The number of hydrogen-bond acceptors (Lipinski definition) is 5. The fourth-order valence-corrected chi connectivity index (χ4v) is 3.80. The Bertz CT molecular complexity index is 888. The second-order valence-corrected chi connectivity index (χ2v) is 9.16. The topological polar surface area (TPSA) is 82.9 Å². The maximum absolute atomic E-state index is 13.2. The van der Waals surface area contributed by atoms with Crippen LogP contribution in [0.15, 0.2) is 18.2 Å². The molecule has 2 saturated heterocycles. The third-order valence-electron chi connectivity index (χ3n) is 6.33. The van der Waals surface area contributed by atoms with Gasteiger partial charge in [0, 0.05) is 20.0 Å². The van der Waals surface area contributed by atoms with Gasteiger partial charge in [0.05, 0.1) is 22.5 Å². The van der Waals surface area contributed by atoms with E-state index in [4.69, 9.17) is 9.31 Å². The molecule has 2 amide bonds. The molecule has 7 nitrogen and oxygen atoms in total. The summed E-state index contributed by atoms with van der Waals surface area (Å²) in [5.41, 5.74) is -0.311. The van der Waals surface area contributed by atoms with Gasteiger partial charge >= 0.3 is 7.12 Å². The Morgan fingerprint density at radius 3 is 2.21 bits per heavy atom. The van der Waals surface area contributed by atoms with Gasteiger partial charge in [-0.1, -0.05) is 6.07 Å². The molecule has 2 fully saturated rings. The highest BCUT2D eigenvalue weighted by atomic mass is 16.7. The van der Waals surface area contributed by atoms with E-state index in [0.29, 0.717) is 24.3 Å². The van der Waals surface area contributed by atoms with Crippen molar-refractivity contribution >= 4 is 30.1 Å². The average molecular weight is 397 g/mol. The number of carbonyl (C=O) groups excluding carboxylic acids is 2. The maximum atomic E-state index is 13.2. The first kappa shape index (κ1) is 21.3. The van der Waals surface area contributed by atoms with E-state index in [0.717, 1.165) is 5.46 Å². The lowest BCUT2D eigenvalue weighted by Gasteiger charge is -2.45. The van der Waals surface area contributed by atoms with Gasteiger partial charge in [0.15, 0.2) is 0 Å². The zero-order valence-corrected chi connectivity index (χ0v) is 18.2. The smallest absolute Gasteiger partial charge is 0.399 e. The largest absolute Gasteiger partial charge is 0.494 e. The second-order valence-electron chi connectivity index (χ2n) is 9.16. The molecule has 3 rings (SSSR count). The van der Waals surface area contributed by atoms with Crippen molar-refractivity contribution in [2.75, 3.05) is 18.0 Å². The number of carbonyl (C=O) groups is 2. The molecule has 2 aliphatic rings. The molecule has 0 saturated carbocycles. The first-order valence-electron chi connectivity index (χ1n) is 9.82. The third kappa shape index (κ3) is 3.43. The van der Waals surface area contributed by atoms with E-state index < -0.39 is 23.9 Å². The zero-order valence-electron chi connectivity index (χ0n) is 18.2. The molecule has 2 aliphatic heterocycles. The summed E-state index contributed by atoms with van der Waals surface area (Å²) in [4.78, 5) is 28.3. The van der Waals surface area contributed by atoms with Gasteiger partial charge in [-0.05, 0) is 59.1 Å². The minimum absolute atomic E-state index is 0.144. The van der Waals surface area contributed by atoms with Crippen LogP contribution < -0.4 is 10.4 Å². The van der Waals surface area contributed by atoms with Gasteiger partial charge in [0.25, 0.3) is 5.91 Å². The van der Waals surface area contributed by atoms with Crippen LogP contribution >= 0.6 is 0 Å². The molecular formula is C21H28BN3O4. The van der Waals surface area contributed by atoms with Crippen molar-refractivity contribution in [1.29, 1.82) is 5.26 Å². The Kier molecular flexibility index (Phi) is 5.05. The molecule has 0 radical (unpaired) electrons. The Morgan fingerprint density at radius 1 is 1.10 bits per heavy atom. The molecular weight excluding hydrogens is 369 g/mol. The van der Waals surface area contributed by atoms with Crippen molar-refractivity contribution in [2.45, 2.75) is 65.2 Å². The molecule has 0 aliphatic carbocycles. The Labute approximate surface area is 172 Å². The third-order valence-corrected chi connectivity index (χ3v) is 6.33. The van der Waals surface area contributed by atoms with Crippen LogP contribution in [0.5, 0.6) is 0 Å². The van der Waals surface area contributed by atoms with Crippen molar-refractivity contribution in [1.82, 2.24) is 4.90 Å². The van der Waals surface area contributed by atoms with Gasteiger partial charge in [-0.25, -0.2) is 0 Å². The number of nitrogens with zero attached hydrogens (tertiary/aromatic N) is 3. The van der Waals surface area contributed by atoms with Crippen molar-refractivity contribution < 1.29 is 18.9 Å². The van der Waals surface area contributed by atoms with Crippen molar-refractivity contribution in [3.05, 3.63) is 23.8 Å². The summed E-state index contributed by atoms with van der Waals surface area (Å²) in [7, 11) is -0.590. The molecule has 1 aromatic rings. The van der Waals surface area contributed by atoms with E-state index in [1.807, 2.05) is 27.7 Å². The van der Waals surface area contributed by atoms with Gasteiger partial charge in [0.1, 0.15) is 11.6 Å². The number of nitriles is 1. The van der Waals surface area contributed by atoms with E-state index >= 15 is 0 Å². The van der Waals surface area contributed by atoms with Gasteiger partial charge in [0.2, 0.25) is 5.91 Å². The molecule has 2 heterocycles. The summed E-state index contributed by atoms with van der Waals surface area (Å²) >= 11 is 0. The van der Waals surface area contributed by atoms with Crippen LogP contribution in [-0.4, -0.2) is 53.7 Å². The lowest BCUT2D eigenvalue weighted by atomic mass is 9.78. The Morgan fingerprint density at radius 2 is 1.69 bits per heavy atom. The van der Waals surface area contributed by atoms with Crippen LogP contribution in [-0.2, 0) is 18.9 Å². The molecule has 0 aromatic heterocycles. The van der Waals surface area contributed by atoms with Gasteiger partial charge in [-0.15, -0.1) is 0 Å². The molecule has 0 atom stereocenters. The maximum Gasteiger partial charge on any atom is 0.494 e. The molecule has 1 aromatic carbocycles. The SMILES string of the molecule is CC(=O)N1CCN(c2cc(B3OC(C)(C)C(C)(C)O3)ccc2C#N)C(=O)C1(C)C. The Balaban J connectivity index is 1.99. The van der Waals surface area contributed by atoms with Crippen molar-refractivity contribution in [3.8, 4) is 6.07 Å². The molecule has 154 valence electrons. The summed E-state index contributed by atoms with van der Waals surface area (Å²) in [6.45, 7) is 13.6. The minimum atomic E-state index is -0.989. The number of piperazine rings is 1. The number of anilines is 1. The average Bonchev–Trinajstić information content (AvgIpc) is 2.84. The Hall–Kier alpha value is -2.37. The second kappa shape index (κ2) is 6.86. The van der Waals surface area contributed by atoms with Crippen LogP contribution in [0, 0.1) is 11.3 Å². The highest BCUT2D eigenvalue weighted by molar-refractivity contribution is 6.62. The number of benzene rings is 1. The lowest BCUT2D eigenvalue weighted by molar-refractivity contribution is -0.145. The molecule has 0 spiro atoms. The summed E-state index contributed by atoms with van der Waals surface area (Å²) in [6, 6.07) is 7.44. The van der Waals surface area contributed by atoms with Gasteiger partial charge in [-0.2, -0.15) is 5.26 Å². The normalized spacial score (nSPS) is 22.6. The van der Waals surface area contributed by atoms with E-state index in [9.17, 15) is 14.9 Å². The van der Waals surface area contributed by atoms with E-state index in [1.165, 1.54) is 6.92 Å². The monoisotopic (exact) mass is 397 g/mol. The van der Waals surface area contributed by atoms with Crippen molar-refractivity contribution in [2.24, 2.45) is 0 Å². The molecule has 0 N–H and O–H groups in total. The van der Waals surface area contributed by atoms with Crippen LogP contribution in [0.2, 0.25) is 0 Å². The lowest BCUT2D eigenvalue weighted by Crippen LogP contribution is -2.64. The van der Waals surface area contributed by atoms with E-state index in [-0.39, 0.29) is 11.8 Å². The predicted molar refractivity (Wildman–Crippen MR) is 111 cm³/mol. The molecule has 29 heavy (non-hydrogen) atoms. The van der Waals surface area contributed by atoms with E-state index in [1.54, 1.807) is 41.8 Å². The summed E-state index contributed by atoms with van der Waals surface area (Å²) in [5, 5.41) is 9.61. The highest BCUT2D eigenvalue weighted by Crippen LogP contribution is 2.37. The molecule has 8 heteroatoms. The predicted octanol–water partition coefficient (Wildman–Crippen LogP) is 1.83. The fraction of sp³-hybridized carbons (Fsp3) is 0.571. The first-order valence-corrected chi connectivity index (χ1v) is 9.82. The number of amides is 2. The molecule has 0 unspecified atom stereocenters. The molecule has 0 bridgehead atoms. The number of hydrogen-bond donors (Lipinski definition) is 0. The summed E-state index contributed by atoms with van der Waals surface area (Å²) in [6.07, 6.45) is 0. The van der Waals surface area contributed by atoms with Gasteiger partial charge < -0.3 is 19.1 Å². The van der Waals surface area contributed by atoms with E-state index in [2.05, 4.69) is 6.07 Å². The first-order chi connectivity index (χ1) is 13.3. The highest BCUT2D eigenvalue weighted by Gasteiger charge is 2.52. The number of rotatable bonds is 2. The zero-order chi connectivity index (χ0) is 21.8. The minimum Gasteiger partial charge on any atom is -0.399 e. The van der Waals surface area contributed by atoms with Crippen LogP contribution in [0.4, 0.5) is 5.69 Å². The van der Waals surface area contributed by atoms with Gasteiger partial charge in [-0.3, -0.25) is 9.59 Å². The van der Waals surface area contributed by atoms with Crippen LogP contribution in [0.1, 0.15) is 54.0 Å². The summed E-state index contributed by atoms with van der Waals surface area (Å²) in [5.74, 6) is -0.365. The van der Waals surface area contributed by atoms with Crippen LogP contribution in [0.3, 0.4) is 0 Å². The van der Waals surface area contributed by atoms with Crippen molar-refractivity contribution in [3.63, 3.8) is 0 Å². The quantitative estimate of drug-likeness (QED) is 0.712. The summed E-state index contributed by atoms with van der Waals surface area (Å²) < 4.78 is 12.2. The fourth-order valence-electron chi connectivity index (χ4n) is 3.80.